The summed E-state index contributed by atoms with van der Waals surface area (Å²) in [6, 6.07) is 16.5. The molecule has 1 atom stereocenters. The summed E-state index contributed by atoms with van der Waals surface area (Å²) in [6.45, 7) is 1.09. The number of anilines is 1. The second-order valence-electron chi connectivity index (χ2n) is 9.84. The molecule has 2 aliphatic rings. The number of nitrogens with one attached hydrogen (secondary N) is 2. The van der Waals surface area contributed by atoms with E-state index in [1.54, 1.807) is 15.7 Å². The first-order chi connectivity index (χ1) is 17.0. The zero-order valence-corrected chi connectivity index (χ0v) is 19.4. The highest BCUT2D eigenvalue weighted by atomic mass is 16.2. The molecule has 1 saturated heterocycles. The molecule has 1 spiro atoms. The number of carbonyl (C=O) groups is 2. The normalized spacial score (nSPS) is 18.4. The molecule has 0 unspecified atom stereocenters. The maximum absolute atomic E-state index is 13.3. The van der Waals surface area contributed by atoms with Gasteiger partial charge in [0.1, 0.15) is 6.04 Å². The molecule has 8 heteroatoms. The van der Waals surface area contributed by atoms with Crippen LogP contribution in [-0.2, 0) is 16.1 Å². The number of hydrogen-bond donors (Lipinski definition) is 2. The molecular weight excluding hydrogens is 442 g/mol. The van der Waals surface area contributed by atoms with E-state index in [-0.39, 0.29) is 22.9 Å². The average Bonchev–Trinajstić information content (AvgIpc) is 3.39. The number of nitrogens with zero attached hydrogens (tertiary/aromatic N) is 3. The molecule has 1 saturated carbocycles. The number of fused-ring (bicyclic) bond motifs is 2. The number of para-hydroxylation sites is 2. The van der Waals surface area contributed by atoms with Crippen molar-refractivity contribution in [2.75, 3.05) is 11.9 Å². The van der Waals surface area contributed by atoms with E-state index in [1.807, 2.05) is 54.6 Å². The van der Waals surface area contributed by atoms with Crippen LogP contribution in [0, 0.1) is 5.41 Å². The lowest BCUT2D eigenvalue weighted by atomic mass is 10.0. The first-order valence-electron chi connectivity index (χ1n) is 12.1. The van der Waals surface area contributed by atoms with Crippen molar-refractivity contribution in [1.29, 1.82) is 0 Å². The van der Waals surface area contributed by atoms with E-state index >= 15 is 0 Å². The van der Waals surface area contributed by atoms with Crippen LogP contribution in [0.4, 0.5) is 5.69 Å². The number of hydrogen-bond acceptors (Lipinski definition) is 4. The lowest BCUT2D eigenvalue weighted by Crippen LogP contribution is -2.43. The Balaban J connectivity index is 1.13. The van der Waals surface area contributed by atoms with Crippen molar-refractivity contribution in [3.8, 4) is 0 Å². The number of aromatic nitrogens is 3. The van der Waals surface area contributed by atoms with E-state index < -0.39 is 6.04 Å². The molecule has 2 aromatic heterocycles. The van der Waals surface area contributed by atoms with Crippen molar-refractivity contribution in [2.24, 2.45) is 5.41 Å². The maximum Gasteiger partial charge on any atom is 0.326 e. The van der Waals surface area contributed by atoms with E-state index in [4.69, 9.17) is 0 Å². The van der Waals surface area contributed by atoms with Crippen molar-refractivity contribution in [2.45, 2.75) is 44.7 Å². The van der Waals surface area contributed by atoms with E-state index in [9.17, 15) is 14.4 Å². The molecule has 1 aliphatic heterocycles. The van der Waals surface area contributed by atoms with Gasteiger partial charge in [0.05, 0.1) is 16.6 Å². The Morgan fingerprint density at radius 2 is 1.97 bits per heavy atom. The van der Waals surface area contributed by atoms with Gasteiger partial charge in [0.15, 0.2) is 0 Å². The van der Waals surface area contributed by atoms with Gasteiger partial charge in [-0.05, 0) is 67.5 Å². The SMILES string of the molecule is O=C(Nc1ccc2ncccc2c1)[C@@H]1CC2(CC2)CN1C(=O)CCCn1c(=O)[nH]c2ccccc21. The molecular formula is C27H27N5O3. The number of imidazole rings is 1. The summed E-state index contributed by atoms with van der Waals surface area (Å²) in [5.41, 5.74) is 3.14. The van der Waals surface area contributed by atoms with Crippen molar-refractivity contribution >= 4 is 39.4 Å². The number of aryl methyl sites for hydroxylation is 1. The van der Waals surface area contributed by atoms with Crippen LogP contribution in [0.2, 0.25) is 0 Å². The second kappa shape index (κ2) is 8.37. The quantitative estimate of drug-likeness (QED) is 0.450. The number of amides is 2. The van der Waals surface area contributed by atoms with Gasteiger partial charge in [-0.1, -0.05) is 18.2 Å². The Morgan fingerprint density at radius 3 is 2.83 bits per heavy atom. The number of H-pyrrole nitrogens is 1. The monoisotopic (exact) mass is 469 g/mol. The summed E-state index contributed by atoms with van der Waals surface area (Å²) < 4.78 is 1.67. The number of carbonyl (C=O) groups excluding carboxylic acids is 2. The molecule has 2 amide bonds. The van der Waals surface area contributed by atoms with Crippen molar-refractivity contribution in [3.05, 3.63) is 71.3 Å². The first-order valence-corrected chi connectivity index (χ1v) is 12.1. The molecule has 3 heterocycles. The Hall–Kier alpha value is -3.94. The predicted octanol–water partition coefficient (Wildman–Crippen LogP) is 3.68. The van der Waals surface area contributed by atoms with E-state index in [0.717, 1.165) is 34.8 Å². The molecule has 4 aromatic rings. The van der Waals surface area contributed by atoms with Crippen LogP contribution in [0.15, 0.2) is 65.6 Å². The predicted molar refractivity (Wildman–Crippen MR) is 134 cm³/mol. The summed E-state index contributed by atoms with van der Waals surface area (Å²) >= 11 is 0. The van der Waals surface area contributed by atoms with E-state index in [2.05, 4.69) is 15.3 Å². The highest BCUT2D eigenvalue weighted by Crippen LogP contribution is 2.55. The maximum atomic E-state index is 13.3. The minimum absolute atomic E-state index is 0.0236. The Labute approximate surface area is 202 Å². The largest absolute Gasteiger partial charge is 0.330 e. The molecule has 0 bridgehead atoms. The highest BCUT2D eigenvalue weighted by Gasteiger charge is 2.54. The molecule has 178 valence electrons. The van der Waals surface area contributed by atoms with Gasteiger partial charge in [-0.15, -0.1) is 0 Å². The molecule has 2 aromatic carbocycles. The first kappa shape index (κ1) is 21.6. The minimum atomic E-state index is -0.467. The summed E-state index contributed by atoms with van der Waals surface area (Å²) in [4.78, 5) is 47.7. The van der Waals surface area contributed by atoms with Crippen LogP contribution in [0.1, 0.15) is 32.1 Å². The topological polar surface area (TPSA) is 100 Å². The Kier molecular flexibility index (Phi) is 5.16. The van der Waals surface area contributed by atoms with Crippen LogP contribution in [-0.4, -0.2) is 43.8 Å². The lowest BCUT2D eigenvalue weighted by molar-refractivity contribution is -0.136. The van der Waals surface area contributed by atoms with Crippen LogP contribution >= 0.6 is 0 Å². The standard InChI is InChI=1S/C27H27N5O3/c33-24(8-4-14-31-22-7-2-1-6-21(22)30-26(31)35)32-17-27(11-12-27)16-23(32)25(34)29-19-9-10-20-18(15-19)5-3-13-28-20/h1-3,5-7,9-10,13,15,23H,4,8,11-12,14,16-17H2,(H,29,34)(H,30,35)/t23-/m0/s1. The van der Waals surface area contributed by atoms with Gasteiger partial charge < -0.3 is 15.2 Å². The van der Waals surface area contributed by atoms with Crippen molar-refractivity contribution < 1.29 is 9.59 Å². The van der Waals surface area contributed by atoms with Crippen LogP contribution < -0.4 is 11.0 Å². The smallest absolute Gasteiger partial charge is 0.326 e. The molecule has 0 radical (unpaired) electrons. The fourth-order valence-corrected chi connectivity index (χ4v) is 5.33. The third-order valence-electron chi connectivity index (χ3n) is 7.41. The van der Waals surface area contributed by atoms with Crippen molar-refractivity contribution in [3.63, 3.8) is 0 Å². The molecule has 1 aliphatic carbocycles. The number of benzene rings is 2. The van der Waals surface area contributed by atoms with Gasteiger partial charge in [-0.25, -0.2) is 4.79 Å². The number of pyridine rings is 1. The van der Waals surface area contributed by atoms with Crippen LogP contribution in [0.25, 0.3) is 21.9 Å². The molecule has 6 rings (SSSR count). The van der Waals surface area contributed by atoms with Crippen LogP contribution in [0.5, 0.6) is 0 Å². The highest BCUT2D eigenvalue weighted by molar-refractivity contribution is 5.99. The summed E-state index contributed by atoms with van der Waals surface area (Å²) in [5.74, 6) is -0.164. The van der Waals surface area contributed by atoms with Gasteiger partial charge in [0.2, 0.25) is 11.8 Å². The number of likely N-dealkylation sites (tertiary alicyclic amines) is 1. The number of rotatable bonds is 6. The lowest BCUT2D eigenvalue weighted by Gasteiger charge is -2.24. The zero-order chi connectivity index (χ0) is 24.0. The van der Waals surface area contributed by atoms with Gasteiger partial charge in [-0.3, -0.25) is 19.1 Å². The summed E-state index contributed by atoms with van der Waals surface area (Å²) in [5, 5.41) is 3.98. The van der Waals surface area contributed by atoms with Gasteiger partial charge in [0, 0.05) is 36.8 Å². The Morgan fingerprint density at radius 1 is 1.11 bits per heavy atom. The van der Waals surface area contributed by atoms with Gasteiger partial charge >= 0.3 is 5.69 Å². The number of aromatic amines is 1. The fraction of sp³-hybridized carbons (Fsp3) is 0.333. The minimum Gasteiger partial charge on any atom is -0.330 e. The van der Waals surface area contributed by atoms with E-state index in [1.165, 1.54) is 0 Å². The Bertz CT molecular complexity index is 1500. The van der Waals surface area contributed by atoms with Crippen molar-refractivity contribution in [1.82, 2.24) is 19.4 Å². The second-order valence-corrected chi connectivity index (χ2v) is 9.84. The third kappa shape index (κ3) is 4.09. The van der Waals surface area contributed by atoms with Gasteiger partial charge in [-0.2, -0.15) is 0 Å². The van der Waals surface area contributed by atoms with Gasteiger partial charge in [0.25, 0.3) is 0 Å². The molecule has 8 nitrogen and oxygen atoms in total. The molecule has 35 heavy (non-hydrogen) atoms. The molecule has 2 fully saturated rings. The summed E-state index contributed by atoms with van der Waals surface area (Å²) in [6.07, 6.45) is 5.41. The average molecular weight is 470 g/mol. The zero-order valence-electron chi connectivity index (χ0n) is 19.4. The summed E-state index contributed by atoms with van der Waals surface area (Å²) in [7, 11) is 0. The van der Waals surface area contributed by atoms with E-state index in [0.29, 0.717) is 38.0 Å². The third-order valence-corrected chi connectivity index (χ3v) is 7.41. The fourth-order valence-electron chi connectivity index (χ4n) is 5.33. The molecule has 2 N–H and O–H groups in total. The van der Waals surface area contributed by atoms with Crippen LogP contribution in [0.3, 0.4) is 0 Å².